The molecule has 0 saturated carbocycles. The van der Waals surface area contributed by atoms with E-state index in [1.807, 2.05) is 12.1 Å². The van der Waals surface area contributed by atoms with E-state index in [9.17, 15) is 0 Å². The maximum absolute atomic E-state index is 8.29. The number of unbranched alkanes of at least 4 members (excludes halogenated alkanes) is 1. The Morgan fingerprint density at radius 3 is 3.15 bits per heavy atom. The van der Waals surface area contributed by atoms with Crippen molar-refractivity contribution in [1.82, 2.24) is 4.98 Å². The lowest BCUT2D eigenvalue weighted by atomic mass is 10.3. The summed E-state index contributed by atoms with van der Waals surface area (Å²) in [5.41, 5.74) is 0. The van der Waals surface area contributed by atoms with Crippen LogP contribution >= 0.6 is 15.9 Å². The van der Waals surface area contributed by atoms with Crippen LogP contribution in [-0.4, -0.2) is 11.6 Å². The van der Waals surface area contributed by atoms with Gasteiger partial charge in [-0.1, -0.05) is 0 Å². The van der Waals surface area contributed by atoms with E-state index in [0.717, 1.165) is 12.2 Å². The minimum atomic E-state index is 0.526. The van der Waals surface area contributed by atoms with Crippen molar-refractivity contribution in [2.24, 2.45) is 0 Å². The van der Waals surface area contributed by atoms with Crippen molar-refractivity contribution in [1.29, 1.82) is 5.26 Å². The minimum Gasteiger partial charge on any atom is -0.491 e. The van der Waals surface area contributed by atoms with Crippen LogP contribution in [0.5, 0.6) is 5.75 Å². The lowest BCUT2D eigenvalue weighted by Gasteiger charge is -2.04. The predicted molar refractivity (Wildman–Crippen MR) is 52.3 cm³/mol. The molecule has 0 aliphatic carbocycles. The number of aromatic nitrogens is 1. The Balaban J connectivity index is 2.37. The molecule has 13 heavy (non-hydrogen) atoms. The lowest BCUT2D eigenvalue weighted by Crippen LogP contribution is -1.97. The number of pyridine rings is 1. The van der Waals surface area contributed by atoms with Gasteiger partial charge < -0.3 is 4.74 Å². The van der Waals surface area contributed by atoms with Gasteiger partial charge in [-0.2, -0.15) is 5.26 Å². The van der Waals surface area contributed by atoms with Gasteiger partial charge in [0.2, 0.25) is 0 Å². The third-order valence-electron chi connectivity index (χ3n) is 1.42. The maximum Gasteiger partial charge on any atom is 0.152 e. The fourth-order valence-electron chi connectivity index (χ4n) is 0.812. The third kappa shape index (κ3) is 3.43. The summed E-state index contributed by atoms with van der Waals surface area (Å²) in [5, 5.41) is 8.29. The predicted octanol–water partition coefficient (Wildman–Crippen LogP) is 2.53. The van der Waals surface area contributed by atoms with Crippen LogP contribution in [0.3, 0.4) is 0 Å². The van der Waals surface area contributed by atoms with Crippen molar-refractivity contribution in [2.45, 2.75) is 12.8 Å². The van der Waals surface area contributed by atoms with Crippen molar-refractivity contribution in [3.05, 3.63) is 22.9 Å². The largest absolute Gasteiger partial charge is 0.491 e. The van der Waals surface area contributed by atoms with E-state index in [1.165, 1.54) is 0 Å². The fourth-order valence-corrected chi connectivity index (χ4v) is 1.18. The lowest BCUT2D eigenvalue weighted by molar-refractivity contribution is 0.309. The van der Waals surface area contributed by atoms with Gasteiger partial charge in [-0.3, -0.25) is 0 Å². The zero-order valence-corrected chi connectivity index (χ0v) is 8.62. The number of nitriles is 1. The Morgan fingerprint density at radius 1 is 1.62 bits per heavy atom. The van der Waals surface area contributed by atoms with Crippen molar-refractivity contribution in [2.75, 3.05) is 6.61 Å². The van der Waals surface area contributed by atoms with Gasteiger partial charge >= 0.3 is 0 Å². The molecule has 0 aromatic carbocycles. The summed E-state index contributed by atoms with van der Waals surface area (Å²) in [5.74, 6) is 0.723. The Bertz CT molecular complexity index is 309. The maximum atomic E-state index is 8.29. The van der Waals surface area contributed by atoms with E-state index in [1.54, 1.807) is 6.20 Å². The van der Waals surface area contributed by atoms with Crippen LogP contribution in [-0.2, 0) is 0 Å². The smallest absolute Gasteiger partial charge is 0.152 e. The molecule has 3 nitrogen and oxygen atoms in total. The molecule has 0 atom stereocenters. The Kier molecular flexibility index (Phi) is 4.27. The summed E-state index contributed by atoms with van der Waals surface area (Å²) >= 11 is 3.26. The van der Waals surface area contributed by atoms with Crippen molar-refractivity contribution in [3.8, 4) is 11.8 Å². The molecule has 0 spiro atoms. The average Bonchev–Trinajstić information content (AvgIpc) is 2.15. The highest BCUT2D eigenvalue weighted by atomic mass is 79.9. The van der Waals surface area contributed by atoms with E-state index >= 15 is 0 Å². The van der Waals surface area contributed by atoms with Gasteiger partial charge in [-0.25, -0.2) is 4.98 Å². The van der Waals surface area contributed by atoms with E-state index < -0.39 is 0 Å². The molecule has 0 fully saturated rings. The standard InChI is InChI=1S/C9H9BrN2O/c10-9-8(4-3-6-12-9)13-7-2-1-5-11/h3-4,6H,1-2,7H2. The molecule has 0 N–H and O–H groups in total. The fraction of sp³-hybridized carbons (Fsp3) is 0.333. The molecular weight excluding hydrogens is 232 g/mol. The highest BCUT2D eigenvalue weighted by molar-refractivity contribution is 9.10. The van der Waals surface area contributed by atoms with Gasteiger partial charge in [0, 0.05) is 12.6 Å². The number of hydrogen-bond donors (Lipinski definition) is 0. The van der Waals surface area contributed by atoms with Crippen LogP contribution in [0, 0.1) is 11.3 Å². The second kappa shape index (κ2) is 5.55. The van der Waals surface area contributed by atoms with Crippen LogP contribution in [0.2, 0.25) is 0 Å². The highest BCUT2D eigenvalue weighted by Crippen LogP contribution is 2.20. The number of nitrogens with zero attached hydrogens (tertiary/aromatic N) is 2. The first kappa shape index (κ1) is 10.0. The third-order valence-corrected chi connectivity index (χ3v) is 2.01. The number of rotatable bonds is 4. The summed E-state index contributed by atoms with van der Waals surface area (Å²) in [6, 6.07) is 5.71. The van der Waals surface area contributed by atoms with Crippen molar-refractivity contribution >= 4 is 15.9 Å². The zero-order valence-electron chi connectivity index (χ0n) is 7.03. The van der Waals surface area contributed by atoms with Crippen molar-refractivity contribution in [3.63, 3.8) is 0 Å². The van der Waals surface area contributed by atoms with E-state index in [4.69, 9.17) is 10.00 Å². The highest BCUT2D eigenvalue weighted by Gasteiger charge is 1.99. The molecule has 0 bridgehead atoms. The van der Waals surface area contributed by atoms with Crippen LogP contribution < -0.4 is 4.74 Å². The number of ether oxygens (including phenoxy) is 1. The average molecular weight is 241 g/mol. The van der Waals surface area contributed by atoms with Gasteiger partial charge in [0.1, 0.15) is 4.60 Å². The minimum absolute atomic E-state index is 0.526. The number of hydrogen-bond acceptors (Lipinski definition) is 3. The molecule has 1 aromatic heterocycles. The van der Waals surface area contributed by atoms with Gasteiger partial charge in [0.25, 0.3) is 0 Å². The first-order valence-electron chi connectivity index (χ1n) is 3.95. The Labute approximate surface area is 85.5 Å². The summed E-state index contributed by atoms with van der Waals surface area (Å²) in [6.07, 6.45) is 2.96. The zero-order chi connectivity index (χ0) is 9.52. The summed E-state index contributed by atoms with van der Waals surface area (Å²) < 4.78 is 6.08. The van der Waals surface area contributed by atoms with Crippen LogP contribution in [0.1, 0.15) is 12.8 Å². The monoisotopic (exact) mass is 240 g/mol. The first-order chi connectivity index (χ1) is 6.34. The molecule has 68 valence electrons. The number of halogens is 1. The molecule has 0 radical (unpaired) electrons. The molecule has 0 saturated heterocycles. The SMILES string of the molecule is N#CCCCOc1cccnc1Br. The van der Waals surface area contributed by atoms with E-state index in [2.05, 4.69) is 27.0 Å². The van der Waals surface area contributed by atoms with Crippen LogP contribution in [0.4, 0.5) is 0 Å². The molecule has 0 amide bonds. The van der Waals surface area contributed by atoms with Gasteiger partial charge in [-0.05, 0) is 34.5 Å². The van der Waals surface area contributed by atoms with Gasteiger partial charge in [0.15, 0.2) is 5.75 Å². The molecule has 0 unspecified atom stereocenters. The Morgan fingerprint density at radius 2 is 2.46 bits per heavy atom. The van der Waals surface area contributed by atoms with Gasteiger partial charge in [0.05, 0.1) is 12.7 Å². The second-order valence-electron chi connectivity index (χ2n) is 2.40. The van der Waals surface area contributed by atoms with Gasteiger partial charge in [-0.15, -0.1) is 0 Å². The quantitative estimate of drug-likeness (QED) is 0.601. The normalized spacial score (nSPS) is 9.23. The van der Waals surface area contributed by atoms with E-state index in [0.29, 0.717) is 17.6 Å². The summed E-state index contributed by atoms with van der Waals surface area (Å²) in [6.45, 7) is 0.553. The van der Waals surface area contributed by atoms with Crippen molar-refractivity contribution < 1.29 is 4.74 Å². The topological polar surface area (TPSA) is 45.9 Å². The molecule has 1 heterocycles. The van der Waals surface area contributed by atoms with Crippen LogP contribution in [0.15, 0.2) is 22.9 Å². The summed E-state index contributed by atoms with van der Waals surface area (Å²) in [4.78, 5) is 4.00. The first-order valence-corrected chi connectivity index (χ1v) is 4.74. The van der Waals surface area contributed by atoms with Crippen LogP contribution in [0.25, 0.3) is 0 Å². The molecule has 0 aliphatic rings. The molecular formula is C9H9BrN2O. The molecule has 1 rings (SSSR count). The summed E-state index contributed by atoms with van der Waals surface area (Å²) in [7, 11) is 0. The molecule has 0 aliphatic heterocycles. The Hall–Kier alpha value is -1.08. The molecule has 4 heteroatoms. The van der Waals surface area contributed by atoms with E-state index in [-0.39, 0.29) is 0 Å². The second-order valence-corrected chi connectivity index (χ2v) is 3.15. The molecule has 1 aromatic rings.